The van der Waals surface area contributed by atoms with Crippen LogP contribution in [0, 0.1) is 0 Å². The van der Waals surface area contributed by atoms with Crippen LogP contribution in [0.15, 0.2) is 34.9 Å². The average molecular weight is 315 g/mol. The van der Waals surface area contributed by atoms with Crippen LogP contribution in [0.3, 0.4) is 0 Å². The maximum absolute atomic E-state index is 12.1. The van der Waals surface area contributed by atoms with Gasteiger partial charge in [0.25, 0.3) is 0 Å². The van der Waals surface area contributed by atoms with Crippen LogP contribution in [0.4, 0.5) is 0 Å². The molecule has 6 heteroatoms. The lowest BCUT2D eigenvalue weighted by Gasteiger charge is -2.14. The van der Waals surface area contributed by atoms with E-state index >= 15 is 0 Å². The Labute approximate surface area is 135 Å². The summed E-state index contributed by atoms with van der Waals surface area (Å²) < 4.78 is 10.9. The number of hydrogen-bond donors (Lipinski definition) is 1. The first-order chi connectivity index (χ1) is 11.2. The number of methoxy groups -OCH3 is 1. The van der Waals surface area contributed by atoms with Gasteiger partial charge in [0.05, 0.1) is 13.3 Å². The van der Waals surface area contributed by atoms with E-state index in [1.807, 2.05) is 29.2 Å². The monoisotopic (exact) mass is 315 g/mol. The zero-order valence-corrected chi connectivity index (χ0v) is 13.2. The van der Waals surface area contributed by atoms with Crippen LogP contribution in [-0.4, -0.2) is 42.0 Å². The minimum absolute atomic E-state index is 0.113. The molecule has 2 heterocycles. The summed E-state index contributed by atoms with van der Waals surface area (Å²) in [4.78, 5) is 18.2. The van der Waals surface area contributed by atoms with E-state index in [0.717, 1.165) is 24.3 Å². The quantitative estimate of drug-likeness (QED) is 0.910. The van der Waals surface area contributed by atoms with Crippen molar-refractivity contribution in [2.24, 2.45) is 5.73 Å². The van der Waals surface area contributed by atoms with Gasteiger partial charge in [-0.15, -0.1) is 0 Å². The minimum atomic E-state index is 0.113. The molecule has 2 aromatic rings. The molecular formula is C17H21N3O3. The van der Waals surface area contributed by atoms with Crippen LogP contribution >= 0.6 is 0 Å². The zero-order chi connectivity index (χ0) is 16.2. The first kappa shape index (κ1) is 15.6. The summed E-state index contributed by atoms with van der Waals surface area (Å²) in [5.74, 6) is 2.18. The first-order valence-electron chi connectivity index (χ1n) is 7.78. The van der Waals surface area contributed by atoms with Crippen LogP contribution in [0.1, 0.15) is 18.7 Å². The highest BCUT2D eigenvalue weighted by molar-refractivity contribution is 5.76. The van der Waals surface area contributed by atoms with Gasteiger partial charge in [0.2, 0.25) is 5.91 Å². The van der Waals surface area contributed by atoms with Crippen molar-refractivity contribution in [1.29, 1.82) is 0 Å². The summed E-state index contributed by atoms with van der Waals surface area (Å²) in [5, 5.41) is 0. The van der Waals surface area contributed by atoms with Crippen molar-refractivity contribution in [2.45, 2.75) is 25.3 Å². The number of carbonyl (C=O) groups is 1. The van der Waals surface area contributed by atoms with E-state index < -0.39 is 0 Å². The molecule has 1 aliphatic heterocycles. The average Bonchev–Trinajstić information content (AvgIpc) is 3.22. The highest BCUT2D eigenvalue weighted by atomic mass is 16.5. The fourth-order valence-electron chi connectivity index (χ4n) is 2.70. The molecule has 23 heavy (non-hydrogen) atoms. The molecule has 1 aromatic heterocycles. The molecule has 0 aliphatic carbocycles. The van der Waals surface area contributed by atoms with Gasteiger partial charge in [-0.2, -0.15) is 0 Å². The molecule has 1 aliphatic rings. The number of nitrogens with zero attached hydrogens (tertiary/aromatic N) is 2. The van der Waals surface area contributed by atoms with Crippen molar-refractivity contribution in [3.05, 3.63) is 36.4 Å². The lowest BCUT2D eigenvalue weighted by atomic mass is 10.2. The van der Waals surface area contributed by atoms with Gasteiger partial charge in [-0.25, -0.2) is 4.98 Å². The van der Waals surface area contributed by atoms with E-state index in [1.165, 1.54) is 0 Å². The molecule has 0 saturated carbocycles. The standard InChI is InChI=1S/C17H21N3O3/c1-22-14-4-2-12(3-5-14)15-10-19-16(23-15)6-7-17(21)20-9-8-13(18)11-20/h2-5,10,13H,6-9,11,18H2,1H3/t13-/m1/s1. The lowest BCUT2D eigenvalue weighted by molar-refractivity contribution is -0.130. The Morgan fingerprint density at radius 1 is 1.43 bits per heavy atom. The number of hydrogen-bond acceptors (Lipinski definition) is 5. The van der Waals surface area contributed by atoms with Crippen LogP contribution < -0.4 is 10.5 Å². The third-order valence-electron chi connectivity index (χ3n) is 4.06. The molecule has 0 bridgehead atoms. The van der Waals surface area contributed by atoms with Crippen LogP contribution in [-0.2, 0) is 11.2 Å². The zero-order valence-electron chi connectivity index (χ0n) is 13.2. The molecule has 1 aromatic carbocycles. The van der Waals surface area contributed by atoms with Gasteiger partial charge in [0.15, 0.2) is 11.7 Å². The highest BCUT2D eigenvalue weighted by Gasteiger charge is 2.23. The smallest absolute Gasteiger partial charge is 0.223 e. The van der Waals surface area contributed by atoms with Gasteiger partial charge in [-0.1, -0.05) is 0 Å². The van der Waals surface area contributed by atoms with Gasteiger partial charge >= 0.3 is 0 Å². The van der Waals surface area contributed by atoms with E-state index in [-0.39, 0.29) is 11.9 Å². The number of aryl methyl sites for hydroxylation is 1. The summed E-state index contributed by atoms with van der Waals surface area (Å²) in [5.41, 5.74) is 6.76. The molecule has 2 N–H and O–H groups in total. The number of nitrogens with two attached hydrogens (primary N) is 1. The number of carbonyl (C=O) groups excluding carboxylic acids is 1. The number of amides is 1. The second-order valence-electron chi connectivity index (χ2n) is 5.74. The Balaban J connectivity index is 1.57. The third kappa shape index (κ3) is 3.71. The highest BCUT2D eigenvalue weighted by Crippen LogP contribution is 2.23. The largest absolute Gasteiger partial charge is 0.497 e. The third-order valence-corrected chi connectivity index (χ3v) is 4.06. The van der Waals surface area contributed by atoms with E-state index in [4.69, 9.17) is 14.9 Å². The molecule has 1 saturated heterocycles. The summed E-state index contributed by atoms with van der Waals surface area (Å²) in [6.45, 7) is 1.41. The van der Waals surface area contributed by atoms with Crippen molar-refractivity contribution in [3.63, 3.8) is 0 Å². The van der Waals surface area contributed by atoms with Gasteiger partial charge in [0.1, 0.15) is 5.75 Å². The maximum Gasteiger partial charge on any atom is 0.223 e. The number of rotatable bonds is 5. The fourth-order valence-corrected chi connectivity index (χ4v) is 2.70. The Kier molecular flexibility index (Phi) is 4.62. The number of aromatic nitrogens is 1. The molecule has 1 atom stereocenters. The summed E-state index contributed by atoms with van der Waals surface area (Å²) in [6, 6.07) is 7.69. The predicted molar refractivity (Wildman–Crippen MR) is 86.0 cm³/mol. The van der Waals surface area contributed by atoms with E-state index in [2.05, 4.69) is 4.98 Å². The van der Waals surface area contributed by atoms with E-state index in [0.29, 0.717) is 31.0 Å². The molecule has 0 radical (unpaired) electrons. The van der Waals surface area contributed by atoms with Crippen molar-refractivity contribution in [1.82, 2.24) is 9.88 Å². The van der Waals surface area contributed by atoms with Gasteiger partial charge in [0, 0.05) is 37.5 Å². The molecule has 6 nitrogen and oxygen atoms in total. The fraction of sp³-hybridized carbons (Fsp3) is 0.412. The summed E-state index contributed by atoms with van der Waals surface area (Å²) in [7, 11) is 1.63. The van der Waals surface area contributed by atoms with Crippen LogP contribution in [0.2, 0.25) is 0 Å². The number of benzene rings is 1. The number of likely N-dealkylation sites (tertiary alicyclic amines) is 1. The Morgan fingerprint density at radius 3 is 2.87 bits per heavy atom. The maximum atomic E-state index is 12.1. The minimum Gasteiger partial charge on any atom is -0.497 e. The van der Waals surface area contributed by atoms with Crippen LogP contribution in [0.5, 0.6) is 5.75 Å². The molecule has 1 amide bonds. The second-order valence-corrected chi connectivity index (χ2v) is 5.74. The van der Waals surface area contributed by atoms with Gasteiger partial charge in [-0.3, -0.25) is 4.79 Å². The summed E-state index contributed by atoms with van der Waals surface area (Å²) >= 11 is 0. The van der Waals surface area contributed by atoms with E-state index in [9.17, 15) is 4.79 Å². The van der Waals surface area contributed by atoms with Crippen molar-refractivity contribution < 1.29 is 13.9 Å². The molecule has 3 rings (SSSR count). The second kappa shape index (κ2) is 6.83. The van der Waals surface area contributed by atoms with Crippen molar-refractivity contribution >= 4 is 5.91 Å². The SMILES string of the molecule is COc1ccc(-c2cnc(CCC(=O)N3CC[C@@H](N)C3)o2)cc1. The van der Waals surface area contributed by atoms with Crippen molar-refractivity contribution in [3.8, 4) is 17.1 Å². The molecule has 122 valence electrons. The van der Waals surface area contributed by atoms with Gasteiger partial charge < -0.3 is 19.8 Å². The Morgan fingerprint density at radius 2 is 2.22 bits per heavy atom. The Hall–Kier alpha value is -2.34. The number of oxazole rings is 1. The molecule has 1 fully saturated rings. The Bertz CT molecular complexity index is 666. The lowest BCUT2D eigenvalue weighted by Crippen LogP contribution is -2.31. The summed E-state index contributed by atoms with van der Waals surface area (Å²) in [6.07, 6.45) is 3.47. The van der Waals surface area contributed by atoms with Crippen LogP contribution in [0.25, 0.3) is 11.3 Å². The van der Waals surface area contributed by atoms with Gasteiger partial charge in [-0.05, 0) is 30.7 Å². The first-order valence-corrected chi connectivity index (χ1v) is 7.78. The predicted octanol–water partition coefficient (Wildman–Crippen LogP) is 1.84. The molecule has 0 spiro atoms. The normalized spacial score (nSPS) is 17.5. The number of ether oxygens (including phenoxy) is 1. The molecular weight excluding hydrogens is 294 g/mol. The molecule has 0 unspecified atom stereocenters. The van der Waals surface area contributed by atoms with Crippen molar-refractivity contribution in [2.75, 3.05) is 20.2 Å². The van der Waals surface area contributed by atoms with E-state index in [1.54, 1.807) is 13.3 Å². The topological polar surface area (TPSA) is 81.6 Å².